The quantitative estimate of drug-likeness (QED) is 0.882. The molecule has 0 unspecified atom stereocenters. The van der Waals surface area contributed by atoms with Crippen molar-refractivity contribution in [3.05, 3.63) is 29.0 Å². The number of halogens is 2. The van der Waals surface area contributed by atoms with Crippen molar-refractivity contribution in [3.63, 3.8) is 0 Å². The van der Waals surface area contributed by atoms with Crippen molar-refractivity contribution in [2.24, 2.45) is 11.8 Å². The van der Waals surface area contributed by atoms with Crippen LogP contribution in [0.15, 0.2) is 18.2 Å². The Bertz CT molecular complexity index is 552. The van der Waals surface area contributed by atoms with Crippen LogP contribution in [0.3, 0.4) is 0 Å². The third-order valence-corrected chi connectivity index (χ3v) is 3.62. The lowest BCUT2D eigenvalue weighted by atomic mass is 9.99. The first-order valence-corrected chi connectivity index (χ1v) is 6.50. The largest absolute Gasteiger partial charge is 0.481 e. The third-order valence-electron chi connectivity index (χ3n) is 3.39. The van der Waals surface area contributed by atoms with Crippen LogP contribution in [0.25, 0.3) is 0 Å². The summed E-state index contributed by atoms with van der Waals surface area (Å²) in [6.45, 7) is 2.23. The van der Waals surface area contributed by atoms with Crippen LogP contribution >= 0.6 is 11.6 Å². The number of hydrogen-bond acceptors (Lipinski definition) is 2. The van der Waals surface area contributed by atoms with Crippen molar-refractivity contribution >= 4 is 29.3 Å². The second-order valence-corrected chi connectivity index (χ2v) is 5.32. The first-order valence-electron chi connectivity index (χ1n) is 6.12. The van der Waals surface area contributed by atoms with Crippen LogP contribution < -0.4 is 5.32 Å². The fraction of sp³-hybridized carbons (Fsp3) is 0.385. The molecule has 5 nitrogen and oxygen atoms in total. The molecule has 20 heavy (non-hydrogen) atoms. The molecular formula is C13H14ClFN2O3. The van der Waals surface area contributed by atoms with Gasteiger partial charge in [-0.15, -0.1) is 0 Å². The average Bonchev–Trinajstić information content (AvgIpc) is 2.75. The molecule has 0 aromatic heterocycles. The Kier molecular flexibility index (Phi) is 4.13. The number of nitrogens with zero attached hydrogens (tertiary/aromatic N) is 1. The van der Waals surface area contributed by atoms with Crippen LogP contribution in [-0.4, -0.2) is 35.1 Å². The molecule has 1 saturated heterocycles. The predicted molar refractivity (Wildman–Crippen MR) is 72.3 cm³/mol. The maximum atomic E-state index is 13.6. The number of aliphatic carboxylic acids is 1. The maximum absolute atomic E-state index is 13.6. The van der Waals surface area contributed by atoms with Gasteiger partial charge in [-0.3, -0.25) is 4.79 Å². The number of hydrogen-bond donors (Lipinski definition) is 2. The van der Waals surface area contributed by atoms with Crippen molar-refractivity contribution in [2.75, 3.05) is 18.4 Å². The Balaban J connectivity index is 2.04. The fourth-order valence-electron chi connectivity index (χ4n) is 2.24. The molecule has 2 rings (SSSR count). The molecule has 0 spiro atoms. The zero-order valence-corrected chi connectivity index (χ0v) is 11.5. The van der Waals surface area contributed by atoms with Crippen LogP contribution in [0.5, 0.6) is 0 Å². The Labute approximate surface area is 120 Å². The van der Waals surface area contributed by atoms with Crippen molar-refractivity contribution in [1.82, 2.24) is 4.90 Å². The van der Waals surface area contributed by atoms with Gasteiger partial charge in [0, 0.05) is 18.1 Å². The number of amides is 2. The molecule has 2 amide bonds. The highest BCUT2D eigenvalue weighted by molar-refractivity contribution is 6.30. The minimum absolute atomic E-state index is 0.0193. The van der Waals surface area contributed by atoms with Gasteiger partial charge in [0.15, 0.2) is 0 Å². The Morgan fingerprint density at radius 1 is 1.45 bits per heavy atom. The maximum Gasteiger partial charge on any atom is 0.321 e. The Morgan fingerprint density at radius 3 is 2.70 bits per heavy atom. The van der Waals surface area contributed by atoms with E-state index in [2.05, 4.69) is 5.32 Å². The molecule has 2 atom stereocenters. The van der Waals surface area contributed by atoms with Crippen LogP contribution in [0.4, 0.5) is 14.9 Å². The Hall–Kier alpha value is -1.82. The predicted octanol–water partition coefficient (Wildman–Crippen LogP) is 2.66. The zero-order valence-electron chi connectivity index (χ0n) is 10.8. The molecule has 1 aliphatic rings. The first-order chi connectivity index (χ1) is 9.38. The number of urea groups is 1. The molecule has 0 bridgehead atoms. The molecule has 0 aliphatic carbocycles. The smallest absolute Gasteiger partial charge is 0.321 e. The molecule has 108 valence electrons. The van der Waals surface area contributed by atoms with Crippen molar-refractivity contribution in [3.8, 4) is 0 Å². The topological polar surface area (TPSA) is 69.6 Å². The van der Waals surface area contributed by atoms with Crippen molar-refractivity contribution in [1.29, 1.82) is 0 Å². The summed E-state index contributed by atoms with van der Waals surface area (Å²) in [7, 11) is 0. The fourth-order valence-corrected chi connectivity index (χ4v) is 2.40. The number of carboxylic acid groups (broad SMARTS) is 1. The van der Waals surface area contributed by atoms with Crippen molar-refractivity contribution < 1.29 is 19.1 Å². The van der Waals surface area contributed by atoms with Crippen molar-refractivity contribution in [2.45, 2.75) is 6.92 Å². The number of carbonyl (C=O) groups is 2. The number of carbonyl (C=O) groups excluding carboxylic acids is 1. The highest BCUT2D eigenvalue weighted by Gasteiger charge is 2.37. The summed E-state index contributed by atoms with van der Waals surface area (Å²) in [5, 5.41) is 11.7. The summed E-state index contributed by atoms with van der Waals surface area (Å²) in [4.78, 5) is 24.4. The number of anilines is 1. The van der Waals surface area contributed by atoms with E-state index in [0.717, 1.165) is 6.07 Å². The summed E-state index contributed by atoms with van der Waals surface area (Å²) in [5.74, 6) is -2.28. The molecule has 1 heterocycles. The van der Waals surface area contributed by atoms with Gasteiger partial charge in [-0.1, -0.05) is 18.5 Å². The van der Waals surface area contributed by atoms with E-state index in [4.69, 9.17) is 16.7 Å². The van der Waals surface area contributed by atoms with Gasteiger partial charge in [0.05, 0.1) is 11.6 Å². The van der Waals surface area contributed by atoms with Gasteiger partial charge in [-0.2, -0.15) is 0 Å². The van der Waals surface area contributed by atoms with Gasteiger partial charge in [-0.05, 0) is 24.1 Å². The normalized spacial score (nSPS) is 21.9. The molecule has 0 radical (unpaired) electrons. The molecule has 1 aliphatic heterocycles. The van der Waals surface area contributed by atoms with Gasteiger partial charge >= 0.3 is 12.0 Å². The number of benzene rings is 1. The molecular weight excluding hydrogens is 287 g/mol. The van der Waals surface area contributed by atoms with Gasteiger partial charge in [0.2, 0.25) is 0 Å². The van der Waals surface area contributed by atoms with E-state index in [1.807, 2.05) is 0 Å². The third kappa shape index (κ3) is 3.01. The summed E-state index contributed by atoms with van der Waals surface area (Å²) >= 11 is 5.63. The standard InChI is InChI=1S/C13H14ClFN2O3/c1-7-5-17(6-9(7)12(18)19)13(20)16-11-3-2-8(14)4-10(11)15/h2-4,7,9H,5-6H2,1H3,(H,16,20)(H,18,19)/t7-,9-/m1/s1. The molecule has 1 aromatic rings. The summed E-state index contributed by atoms with van der Waals surface area (Å²) in [6.07, 6.45) is 0. The molecule has 7 heteroatoms. The lowest BCUT2D eigenvalue weighted by molar-refractivity contribution is -0.142. The summed E-state index contributed by atoms with van der Waals surface area (Å²) < 4.78 is 13.6. The number of likely N-dealkylation sites (tertiary alicyclic amines) is 1. The van der Waals surface area contributed by atoms with E-state index in [-0.39, 0.29) is 23.2 Å². The minimum Gasteiger partial charge on any atom is -0.481 e. The van der Waals surface area contributed by atoms with E-state index < -0.39 is 23.7 Å². The van der Waals surface area contributed by atoms with Crippen LogP contribution in [0.2, 0.25) is 5.02 Å². The van der Waals surface area contributed by atoms with Gasteiger partial charge in [0.1, 0.15) is 5.82 Å². The first kappa shape index (κ1) is 14.6. The average molecular weight is 301 g/mol. The van der Waals surface area contributed by atoms with E-state index in [9.17, 15) is 14.0 Å². The molecule has 1 aromatic carbocycles. The van der Waals surface area contributed by atoms with E-state index >= 15 is 0 Å². The molecule has 1 fully saturated rings. The van der Waals surface area contributed by atoms with E-state index in [1.54, 1.807) is 6.92 Å². The van der Waals surface area contributed by atoms with Gasteiger partial charge < -0.3 is 15.3 Å². The second-order valence-electron chi connectivity index (χ2n) is 4.88. The number of rotatable bonds is 2. The minimum atomic E-state index is -0.925. The Morgan fingerprint density at radius 2 is 2.15 bits per heavy atom. The molecule has 2 N–H and O–H groups in total. The zero-order chi connectivity index (χ0) is 14.9. The number of carboxylic acids is 1. The monoisotopic (exact) mass is 300 g/mol. The van der Waals surface area contributed by atoms with Gasteiger partial charge in [0.25, 0.3) is 0 Å². The highest BCUT2D eigenvalue weighted by Crippen LogP contribution is 2.25. The lowest BCUT2D eigenvalue weighted by Gasteiger charge is -2.17. The molecule has 0 saturated carbocycles. The van der Waals surface area contributed by atoms with Crippen LogP contribution in [0.1, 0.15) is 6.92 Å². The summed E-state index contributed by atoms with van der Waals surface area (Å²) in [6, 6.07) is 3.42. The second kappa shape index (κ2) is 5.66. The summed E-state index contributed by atoms with van der Waals surface area (Å²) in [5.41, 5.74) is 0.0193. The highest BCUT2D eigenvalue weighted by atomic mass is 35.5. The van der Waals surface area contributed by atoms with E-state index in [0.29, 0.717) is 6.54 Å². The van der Waals surface area contributed by atoms with E-state index in [1.165, 1.54) is 17.0 Å². The van der Waals surface area contributed by atoms with Crippen LogP contribution in [-0.2, 0) is 4.79 Å². The number of nitrogens with one attached hydrogen (secondary N) is 1. The SMILES string of the molecule is C[C@@H]1CN(C(=O)Nc2ccc(Cl)cc2F)C[C@H]1C(=O)O. The van der Waals surface area contributed by atoms with Crippen LogP contribution in [0, 0.1) is 17.7 Å². The lowest BCUT2D eigenvalue weighted by Crippen LogP contribution is -2.34. The van der Waals surface area contributed by atoms with Gasteiger partial charge in [-0.25, -0.2) is 9.18 Å².